The Kier molecular flexibility index (Phi) is 5.95. The van der Waals surface area contributed by atoms with E-state index in [-0.39, 0.29) is 23.9 Å². The molecule has 0 amide bonds. The van der Waals surface area contributed by atoms with E-state index in [2.05, 4.69) is 5.32 Å². The molecule has 106 valence electrons. The van der Waals surface area contributed by atoms with Gasteiger partial charge in [-0.05, 0) is 32.6 Å². The summed E-state index contributed by atoms with van der Waals surface area (Å²) in [5.74, 6) is 0.853. The lowest BCUT2D eigenvalue weighted by atomic mass is 9.94. The van der Waals surface area contributed by atoms with Crippen LogP contribution in [0.25, 0.3) is 0 Å². The van der Waals surface area contributed by atoms with Crippen LogP contribution in [0.1, 0.15) is 33.6 Å². The quantitative estimate of drug-likeness (QED) is 0.656. The van der Waals surface area contributed by atoms with Gasteiger partial charge in [-0.15, -0.1) is 0 Å². The van der Waals surface area contributed by atoms with E-state index in [1.807, 2.05) is 20.8 Å². The van der Waals surface area contributed by atoms with E-state index < -0.39 is 5.54 Å². The maximum Gasteiger partial charge on any atom is 0.327 e. The maximum atomic E-state index is 12.2. The lowest BCUT2D eigenvalue weighted by Gasteiger charge is -2.34. The largest absolute Gasteiger partial charge is 0.468 e. The van der Waals surface area contributed by atoms with Gasteiger partial charge in [0.15, 0.2) is 0 Å². The number of carbonyl (C=O) groups excluding carboxylic acids is 1. The average Bonchev–Trinajstić information content (AvgIpc) is 3.16. The molecular weight excluding hydrogens is 250 g/mol. The Morgan fingerprint density at radius 3 is 2.50 bits per heavy atom. The highest BCUT2D eigenvalue weighted by Gasteiger charge is 2.52. The Bertz CT molecular complexity index is 281. The highest BCUT2D eigenvalue weighted by molar-refractivity contribution is 8.00. The number of esters is 1. The molecule has 0 aromatic rings. The van der Waals surface area contributed by atoms with Crippen molar-refractivity contribution in [3.63, 3.8) is 0 Å². The molecule has 1 fully saturated rings. The topological polar surface area (TPSA) is 58.6 Å². The molecule has 1 aliphatic carbocycles. The fraction of sp³-hybridized carbons (Fsp3) is 0.923. The smallest absolute Gasteiger partial charge is 0.327 e. The number of aliphatic hydroxyl groups excluding tert-OH is 1. The fourth-order valence-corrected chi connectivity index (χ4v) is 3.25. The van der Waals surface area contributed by atoms with Crippen LogP contribution in [0.5, 0.6) is 0 Å². The molecule has 0 aliphatic heterocycles. The van der Waals surface area contributed by atoms with E-state index >= 15 is 0 Å². The summed E-state index contributed by atoms with van der Waals surface area (Å²) in [7, 11) is 1.45. The first kappa shape index (κ1) is 15.8. The zero-order chi connectivity index (χ0) is 13.8. The fourth-order valence-electron chi connectivity index (χ4n) is 2.16. The normalized spacial score (nSPS) is 20.6. The highest BCUT2D eigenvalue weighted by atomic mass is 32.2. The maximum absolute atomic E-state index is 12.2. The van der Waals surface area contributed by atoms with Crippen LogP contribution < -0.4 is 5.32 Å². The third-order valence-electron chi connectivity index (χ3n) is 3.22. The number of ether oxygens (including phenoxy) is 1. The molecule has 2 N–H and O–H groups in total. The molecule has 1 rings (SSSR count). The van der Waals surface area contributed by atoms with Crippen LogP contribution in [0.15, 0.2) is 0 Å². The van der Waals surface area contributed by atoms with Gasteiger partial charge in [-0.25, -0.2) is 0 Å². The molecule has 2 unspecified atom stereocenters. The van der Waals surface area contributed by atoms with Crippen molar-refractivity contribution in [1.82, 2.24) is 5.32 Å². The van der Waals surface area contributed by atoms with Crippen molar-refractivity contribution in [2.75, 3.05) is 19.5 Å². The van der Waals surface area contributed by atoms with E-state index in [0.717, 1.165) is 12.8 Å². The number of carbonyl (C=O) groups is 1. The molecule has 0 radical (unpaired) electrons. The van der Waals surface area contributed by atoms with Crippen molar-refractivity contribution in [1.29, 1.82) is 0 Å². The molecule has 18 heavy (non-hydrogen) atoms. The molecule has 1 aliphatic rings. The lowest BCUT2D eigenvalue weighted by molar-refractivity contribution is -0.149. The van der Waals surface area contributed by atoms with Crippen LogP contribution in [0.4, 0.5) is 0 Å². The zero-order valence-electron chi connectivity index (χ0n) is 11.7. The number of hydrogen-bond donors (Lipinski definition) is 2. The third-order valence-corrected chi connectivity index (χ3v) is 4.56. The molecule has 0 saturated heterocycles. The Hall–Kier alpha value is -0.260. The standard InChI is InChI=1S/C13H25NO3S/c1-9(2)14-13(11-5-6-11,12(16)17-4)8-18-10(3)7-15/h9-11,14-15H,5-8H2,1-4H3. The summed E-state index contributed by atoms with van der Waals surface area (Å²) in [5.41, 5.74) is -0.586. The number of aliphatic hydroxyl groups is 1. The summed E-state index contributed by atoms with van der Waals surface area (Å²) in [5, 5.41) is 12.7. The predicted molar refractivity (Wildman–Crippen MR) is 74.7 cm³/mol. The predicted octanol–water partition coefficient (Wildman–Crippen LogP) is 1.42. The summed E-state index contributed by atoms with van der Waals surface area (Å²) in [6.07, 6.45) is 2.14. The van der Waals surface area contributed by atoms with Gasteiger partial charge in [0, 0.05) is 17.0 Å². The van der Waals surface area contributed by atoms with Crippen LogP contribution in [0.3, 0.4) is 0 Å². The molecule has 0 bridgehead atoms. The monoisotopic (exact) mass is 275 g/mol. The van der Waals surface area contributed by atoms with Crippen LogP contribution in [-0.4, -0.2) is 47.4 Å². The zero-order valence-corrected chi connectivity index (χ0v) is 12.5. The summed E-state index contributed by atoms with van der Waals surface area (Å²) in [6, 6.07) is 0.231. The number of nitrogens with one attached hydrogen (secondary N) is 1. The minimum Gasteiger partial charge on any atom is -0.468 e. The van der Waals surface area contributed by atoms with Gasteiger partial charge in [-0.3, -0.25) is 10.1 Å². The van der Waals surface area contributed by atoms with Gasteiger partial charge in [0.1, 0.15) is 5.54 Å². The first-order chi connectivity index (χ1) is 8.46. The van der Waals surface area contributed by atoms with Crippen molar-refractivity contribution >= 4 is 17.7 Å². The molecule has 5 heteroatoms. The number of hydrogen-bond acceptors (Lipinski definition) is 5. The third kappa shape index (κ3) is 3.87. The van der Waals surface area contributed by atoms with E-state index in [1.54, 1.807) is 11.8 Å². The van der Waals surface area contributed by atoms with Crippen LogP contribution >= 0.6 is 11.8 Å². The summed E-state index contributed by atoms with van der Waals surface area (Å²) < 4.78 is 5.01. The molecular formula is C13H25NO3S. The second-order valence-electron chi connectivity index (χ2n) is 5.34. The highest BCUT2D eigenvalue weighted by Crippen LogP contribution is 2.43. The number of rotatable bonds is 8. The molecule has 2 atom stereocenters. The van der Waals surface area contributed by atoms with Gasteiger partial charge in [-0.1, -0.05) is 6.92 Å². The van der Waals surface area contributed by atoms with Crippen LogP contribution in [0, 0.1) is 5.92 Å². The van der Waals surface area contributed by atoms with Crippen molar-refractivity contribution in [3.8, 4) is 0 Å². The van der Waals surface area contributed by atoms with E-state index in [1.165, 1.54) is 7.11 Å². The Morgan fingerprint density at radius 1 is 1.50 bits per heavy atom. The Morgan fingerprint density at radius 2 is 2.11 bits per heavy atom. The van der Waals surface area contributed by atoms with E-state index in [4.69, 9.17) is 9.84 Å². The van der Waals surface area contributed by atoms with Gasteiger partial charge < -0.3 is 9.84 Å². The van der Waals surface area contributed by atoms with Gasteiger partial charge in [0.2, 0.25) is 0 Å². The lowest BCUT2D eigenvalue weighted by Crippen LogP contribution is -2.59. The van der Waals surface area contributed by atoms with E-state index in [0.29, 0.717) is 11.7 Å². The molecule has 0 heterocycles. The summed E-state index contributed by atoms with van der Waals surface area (Å²) in [4.78, 5) is 12.2. The second kappa shape index (κ2) is 6.78. The van der Waals surface area contributed by atoms with Crippen molar-refractivity contribution in [2.24, 2.45) is 5.92 Å². The van der Waals surface area contributed by atoms with Crippen LogP contribution in [0.2, 0.25) is 0 Å². The second-order valence-corrected chi connectivity index (χ2v) is 6.77. The van der Waals surface area contributed by atoms with Gasteiger partial charge >= 0.3 is 5.97 Å². The molecule has 4 nitrogen and oxygen atoms in total. The minimum atomic E-state index is -0.586. The molecule has 1 saturated carbocycles. The summed E-state index contributed by atoms with van der Waals surface area (Å²) in [6.45, 7) is 6.18. The number of methoxy groups -OCH3 is 1. The SMILES string of the molecule is COC(=O)C(CSC(C)CO)(NC(C)C)C1CC1. The van der Waals surface area contributed by atoms with Crippen molar-refractivity contribution in [3.05, 3.63) is 0 Å². The molecule has 0 aromatic carbocycles. The Labute approximate surface area is 114 Å². The average molecular weight is 275 g/mol. The first-order valence-corrected chi connectivity index (χ1v) is 7.59. The van der Waals surface area contributed by atoms with Gasteiger partial charge in [0.05, 0.1) is 13.7 Å². The van der Waals surface area contributed by atoms with Crippen LogP contribution in [-0.2, 0) is 9.53 Å². The minimum absolute atomic E-state index is 0.133. The molecule has 0 aromatic heterocycles. The van der Waals surface area contributed by atoms with E-state index in [9.17, 15) is 4.79 Å². The van der Waals surface area contributed by atoms with Crippen molar-refractivity contribution < 1.29 is 14.6 Å². The number of thioether (sulfide) groups is 1. The molecule has 0 spiro atoms. The van der Waals surface area contributed by atoms with Crippen molar-refractivity contribution in [2.45, 2.75) is 50.4 Å². The first-order valence-electron chi connectivity index (χ1n) is 6.54. The Balaban J connectivity index is 2.79. The van der Waals surface area contributed by atoms with Gasteiger partial charge in [0.25, 0.3) is 0 Å². The summed E-state index contributed by atoms with van der Waals surface area (Å²) >= 11 is 1.62. The van der Waals surface area contributed by atoms with Gasteiger partial charge in [-0.2, -0.15) is 11.8 Å².